The summed E-state index contributed by atoms with van der Waals surface area (Å²) in [7, 11) is 0. The summed E-state index contributed by atoms with van der Waals surface area (Å²) in [5.41, 5.74) is 5.81. The Morgan fingerprint density at radius 1 is 1.42 bits per heavy atom. The molecule has 12 heavy (non-hydrogen) atoms. The highest BCUT2D eigenvalue weighted by atomic mass is 32.1. The SMILES string of the molecule is c1nc2ccc3c(c2s1)CCN3. The van der Waals surface area contributed by atoms with Crippen molar-refractivity contribution in [3.8, 4) is 0 Å². The van der Waals surface area contributed by atoms with Crippen LogP contribution < -0.4 is 5.32 Å². The molecule has 0 unspecified atom stereocenters. The lowest BCUT2D eigenvalue weighted by atomic mass is 10.1. The van der Waals surface area contributed by atoms with Crippen LogP contribution in [0.1, 0.15) is 5.56 Å². The van der Waals surface area contributed by atoms with Gasteiger partial charge in [0.2, 0.25) is 0 Å². The quantitative estimate of drug-likeness (QED) is 0.666. The number of hydrogen-bond acceptors (Lipinski definition) is 3. The number of rotatable bonds is 0. The van der Waals surface area contributed by atoms with Crippen LogP contribution in [0.25, 0.3) is 10.2 Å². The summed E-state index contributed by atoms with van der Waals surface area (Å²) in [6, 6.07) is 4.22. The fraction of sp³-hybridized carbons (Fsp3) is 0.222. The van der Waals surface area contributed by atoms with Crippen LogP contribution in [-0.2, 0) is 6.42 Å². The molecule has 60 valence electrons. The topological polar surface area (TPSA) is 24.9 Å². The van der Waals surface area contributed by atoms with Crippen LogP contribution in [-0.4, -0.2) is 11.5 Å². The van der Waals surface area contributed by atoms with Crippen molar-refractivity contribution in [2.75, 3.05) is 11.9 Å². The Morgan fingerprint density at radius 3 is 3.42 bits per heavy atom. The number of hydrogen-bond donors (Lipinski definition) is 1. The van der Waals surface area contributed by atoms with Crippen molar-refractivity contribution in [2.24, 2.45) is 0 Å². The zero-order valence-electron chi connectivity index (χ0n) is 6.50. The van der Waals surface area contributed by atoms with Gasteiger partial charge in [0, 0.05) is 12.2 Å². The largest absolute Gasteiger partial charge is 0.384 e. The fourth-order valence-corrected chi connectivity index (χ4v) is 2.59. The number of nitrogens with zero attached hydrogens (tertiary/aromatic N) is 1. The van der Waals surface area contributed by atoms with Crippen molar-refractivity contribution < 1.29 is 0 Å². The third kappa shape index (κ3) is 0.716. The second-order valence-electron chi connectivity index (χ2n) is 2.97. The van der Waals surface area contributed by atoms with Gasteiger partial charge in [0.05, 0.1) is 15.7 Å². The second-order valence-corrected chi connectivity index (χ2v) is 3.82. The molecule has 0 radical (unpaired) electrons. The molecule has 0 amide bonds. The average Bonchev–Trinajstić information content (AvgIpc) is 2.71. The number of anilines is 1. The van der Waals surface area contributed by atoms with Gasteiger partial charge >= 0.3 is 0 Å². The monoisotopic (exact) mass is 176 g/mol. The van der Waals surface area contributed by atoms with E-state index >= 15 is 0 Å². The smallest absolute Gasteiger partial charge is 0.0816 e. The molecule has 2 aromatic rings. The minimum absolute atomic E-state index is 1.08. The van der Waals surface area contributed by atoms with E-state index in [0.717, 1.165) is 18.5 Å². The lowest BCUT2D eigenvalue weighted by molar-refractivity contribution is 1.12. The van der Waals surface area contributed by atoms with Crippen molar-refractivity contribution >= 4 is 27.2 Å². The zero-order valence-corrected chi connectivity index (χ0v) is 7.32. The van der Waals surface area contributed by atoms with Gasteiger partial charge in [-0.3, -0.25) is 0 Å². The van der Waals surface area contributed by atoms with Gasteiger partial charge in [-0.1, -0.05) is 0 Å². The van der Waals surface area contributed by atoms with Gasteiger partial charge in [-0.25, -0.2) is 4.98 Å². The van der Waals surface area contributed by atoms with Crippen LogP contribution in [0.3, 0.4) is 0 Å². The van der Waals surface area contributed by atoms with Crippen LogP contribution in [0.2, 0.25) is 0 Å². The standard InChI is InChI=1S/C9H8N2S/c1-2-8-9(12-5-11-8)6-3-4-10-7(1)6/h1-2,5,10H,3-4H2. The van der Waals surface area contributed by atoms with Gasteiger partial charge in [-0.05, 0) is 24.1 Å². The van der Waals surface area contributed by atoms with E-state index in [1.165, 1.54) is 16.0 Å². The summed E-state index contributed by atoms with van der Waals surface area (Å²) in [6.07, 6.45) is 1.15. The van der Waals surface area contributed by atoms with E-state index in [2.05, 4.69) is 22.4 Å². The molecule has 0 bridgehead atoms. The fourth-order valence-electron chi connectivity index (χ4n) is 1.72. The maximum atomic E-state index is 4.29. The first-order valence-electron chi connectivity index (χ1n) is 4.04. The summed E-state index contributed by atoms with van der Waals surface area (Å²) in [6.45, 7) is 1.08. The Hall–Kier alpha value is -1.09. The first kappa shape index (κ1) is 6.43. The Bertz CT molecular complexity index is 433. The normalized spacial score (nSPS) is 14.7. The third-order valence-corrected chi connectivity index (χ3v) is 3.19. The maximum absolute atomic E-state index is 4.29. The summed E-state index contributed by atoms with van der Waals surface area (Å²) >= 11 is 1.74. The Balaban J connectivity index is 2.46. The summed E-state index contributed by atoms with van der Waals surface area (Å²) in [5.74, 6) is 0. The Labute approximate surface area is 74.2 Å². The molecule has 0 saturated heterocycles. The number of fused-ring (bicyclic) bond motifs is 3. The molecule has 0 aliphatic carbocycles. The van der Waals surface area contributed by atoms with Crippen molar-refractivity contribution in [1.82, 2.24) is 4.98 Å². The molecule has 0 atom stereocenters. The van der Waals surface area contributed by atoms with Crippen molar-refractivity contribution in [1.29, 1.82) is 0 Å². The average molecular weight is 176 g/mol. The molecule has 1 aromatic carbocycles. The second kappa shape index (κ2) is 2.20. The Kier molecular flexibility index (Phi) is 1.18. The van der Waals surface area contributed by atoms with Gasteiger partial charge in [0.1, 0.15) is 0 Å². The number of benzene rings is 1. The van der Waals surface area contributed by atoms with E-state index in [1.54, 1.807) is 11.3 Å². The molecule has 0 fully saturated rings. The molecule has 1 N–H and O–H groups in total. The summed E-state index contributed by atoms with van der Waals surface area (Å²) in [5, 5.41) is 3.36. The van der Waals surface area contributed by atoms with E-state index in [-0.39, 0.29) is 0 Å². The van der Waals surface area contributed by atoms with Crippen molar-refractivity contribution in [2.45, 2.75) is 6.42 Å². The molecule has 2 nitrogen and oxygen atoms in total. The van der Waals surface area contributed by atoms with E-state index in [1.807, 2.05) is 5.51 Å². The minimum atomic E-state index is 1.08. The third-order valence-electron chi connectivity index (χ3n) is 2.29. The number of aromatic nitrogens is 1. The molecule has 1 aliphatic rings. The summed E-state index contributed by atoms with van der Waals surface area (Å²) < 4.78 is 1.36. The van der Waals surface area contributed by atoms with Crippen LogP contribution in [0.4, 0.5) is 5.69 Å². The van der Waals surface area contributed by atoms with E-state index in [0.29, 0.717) is 0 Å². The highest BCUT2D eigenvalue weighted by Crippen LogP contribution is 2.31. The van der Waals surface area contributed by atoms with Gasteiger partial charge in [0.25, 0.3) is 0 Å². The highest BCUT2D eigenvalue weighted by molar-refractivity contribution is 7.17. The molecule has 3 heteroatoms. The first-order valence-corrected chi connectivity index (χ1v) is 4.92. The lowest BCUT2D eigenvalue weighted by Gasteiger charge is -1.98. The first-order chi connectivity index (χ1) is 5.95. The molecule has 0 spiro atoms. The molecule has 3 rings (SSSR count). The molecule has 1 aliphatic heterocycles. The Morgan fingerprint density at radius 2 is 2.42 bits per heavy atom. The lowest BCUT2D eigenvalue weighted by Crippen LogP contribution is -1.90. The van der Waals surface area contributed by atoms with Crippen LogP contribution in [0.5, 0.6) is 0 Å². The molecule has 2 heterocycles. The maximum Gasteiger partial charge on any atom is 0.0816 e. The molecular formula is C9H8N2S. The van der Waals surface area contributed by atoms with Gasteiger partial charge in [0.15, 0.2) is 0 Å². The predicted molar refractivity (Wildman–Crippen MR) is 51.8 cm³/mol. The van der Waals surface area contributed by atoms with Crippen molar-refractivity contribution in [3.63, 3.8) is 0 Å². The zero-order chi connectivity index (χ0) is 7.97. The van der Waals surface area contributed by atoms with Crippen molar-refractivity contribution in [3.05, 3.63) is 23.2 Å². The van der Waals surface area contributed by atoms with Crippen LogP contribution >= 0.6 is 11.3 Å². The minimum Gasteiger partial charge on any atom is -0.384 e. The molecule has 1 aromatic heterocycles. The van der Waals surface area contributed by atoms with Gasteiger partial charge in [-0.15, -0.1) is 11.3 Å². The van der Waals surface area contributed by atoms with Gasteiger partial charge < -0.3 is 5.32 Å². The van der Waals surface area contributed by atoms with Crippen LogP contribution in [0.15, 0.2) is 17.6 Å². The molecule has 0 saturated carbocycles. The highest BCUT2D eigenvalue weighted by Gasteiger charge is 2.13. The van der Waals surface area contributed by atoms with Crippen LogP contribution in [0, 0.1) is 0 Å². The molecular weight excluding hydrogens is 168 g/mol. The number of nitrogens with one attached hydrogen (secondary N) is 1. The van der Waals surface area contributed by atoms with E-state index in [4.69, 9.17) is 0 Å². The number of thiazole rings is 1. The van der Waals surface area contributed by atoms with Gasteiger partial charge in [-0.2, -0.15) is 0 Å². The summed E-state index contributed by atoms with van der Waals surface area (Å²) in [4.78, 5) is 4.29. The predicted octanol–water partition coefficient (Wildman–Crippen LogP) is 2.26. The van der Waals surface area contributed by atoms with E-state index < -0.39 is 0 Å². The van der Waals surface area contributed by atoms with E-state index in [9.17, 15) is 0 Å².